The minimum atomic E-state index is -2.17. The lowest BCUT2D eigenvalue weighted by Crippen LogP contribution is -2.45. The molecule has 0 aliphatic carbocycles. The van der Waals surface area contributed by atoms with Gasteiger partial charge >= 0.3 is 0 Å². The molecular formula is C32H53NO6Si2. The summed E-state index contributed by atoms with van der Waals surface area (Å²) in [5, 5.41) is 13.9. The third-order valence-corrected chi connectivity index (χ3v) is 17.0. The number of amides is 1. The molecule has 0 heterocycles. The van der Waals surface area contributed by atoms with Crippen molar-refractivity contribution in [1.29, 1.82) is 0 Å². The van der Waals surface area contributed by atoms with Crippen LogP contribution in [0.15, 0.2) is 42.5 Å². The Kier molecular flexibility index (Phi) is 12.1. The monoisotopic (exact) mass is 603 g/mol. The molecule has 2 rings (SSSR count). The summed E-state index contributed by atoms with van der Waals surface area (Å²) < 4.78 is 23.7. The molecule has 0 aliphatic rings. The topological polar surface area (TPSA) is 86.3 Å². The van der Waals surface area contributed by atoms with Crippen LogP contribution in [0.2, 0.25) is 36.3 Å². The predicted molar refractivity (Wildman–Crippen MR) is 172 cm³/mol. The Bertz CT molecular complexity index is 1120. The average Bonchev–Trinajstić information content (AvgIpc) is 2.86. The van der Waals surface area contributed by atoms with Crippen molar-refractivity contribution in [1.82, 2.24) is 5.32 Å². The summed E-state index contributed by atoms with van der Waals surface area (Å²) in [4.78, 5) is 12.5. The van der Waals surface area contributed by atoms with Gasteiger partial charge in [-0.25, -0.2) is 0 Å². The first-order valence-electron chi connectivity index (χ1n) is 14.5. The van der Waals surface area contributed by atoms with Gasteiger partial charge in [-0.05, 0) is 84.5 Å². The smallest absolute Gasteiger partial charge is 0.250 e. The number of benzene rings is 2. The largest absolute Gasteiger partial charge is 0.541 e. The zero-order valence-corrected chi connectivity index (χ0v) is 29.1. The summed E-state index contributed by atoms with van der Waals surface area (Å²) in [7, 11) is -2.70. The lowest BCUT2D eigenvalue weighted by molar-refractivity contribution is -0.121. The molecule has 0 saturated heterocycles. The Balaban J connectivity index is 2.05. The fourth-order valence-corrected chi connectivity index (χ4v) is 5.54. The van der Waals surface area contributed by atoms with E-state index in [1.54, 1.807) is 7.11 Å². The third-order valence-electron chi connectivity index (χ3n) is 8.32. The molecule has 0 unspecified atom stereocenters. The van der Waals surface area contributed by atoms with Gasteiger partial charge < -0.3 is 28.7 Å². The summed E-state index contributed by atoms with van der Waals surface area (Å²) in [5.74, 6) is 2.06. The van der Waals surface area contributed by atoms with E-state index < -0.39 is 22.7 Å². The number of carbonyl (C=O) groups is 1. The maximum absolute atomic E-state index is 12.5. The molecule has 0 aliphatic heterocycles. The quantitative estimate of drug-likeness (QED) is 0.171. The highest BCUT2D eigenvalue weighted by Gasteiger charge is 2.42. The van der Waals surface area contributed by atoms with Crippen LogP contribution in [0.5, 0.6) is 17.2 Å². The van der Waals surface area contributed by atoms with Gasteiger partial charge in [-0.2, -0.15) is 0 Å². The van der Waals surface area contributed by atoms with E-state index in [2.05, 4.69) is 73.0 Å². The van der Waals surface area contributed by atoms with Crippen molar-refractivity contribution in [2.24, 2.45) is 0 Å². The maximum Gasteiger partial charge on any atom is 0.250 e. The van der Waals surface area contributed by atoms with Gasteiger partial charge in [0.05, 0.1) is 6.10 Å². The van der Waals surface area contributed by atoms with Crippen LogP contribution in [0.3, 0.4) is 0 Å². The minimum absolute atomic E-state index is 0.00364. The molecule has 2 aromatic carbocycles. The van der Waals surface area contributed by atoms with Crippen LogP contribution in [0, 0.1) is 0 Å². The fraction of sp³-hybridized carbons (Fsp3) is 0.594. The van der Waals surface area contributed by atoms with Gasteiger partial charge in [0.1, 0.15) is 17.2 Å². The minimum Gasteiger partial charge on any atom is -0.541 e. The van der Waals surface area contributed by atoms with Crippen molar-refractivity contribution < 1.29 is 28.2 Å². The number of nitrogens with one attached hydrogen (secondary N) is 1. The van der Waals surface area contributed by atoms with Crippen LogP contribution in [0.1, 0.15) is 71.6 Å². The van der Waals surface area contributed by atoms with E-state index in [0.29, 0.717) is 24.2 Å². The van der Waals surface area contributed by atoms with Crippen LogP contribution >= 0.6 is 0 Å². The summed E-state index contributed by atoms with van der Waals surface area (Å²) in [6.45, 7) is 22.4. The molecule has 9 heteroatoms. The van der Waals surface area contributed by atoms with E-state index in [9.17, 15) is 9.90 Å². The van der Waals surface area contributed by atoms with E-state index in [1.807, 2.05) is 42.5 Å². The molecule has 0 bridgehead atoms. The molecule has 1 atom stereocenters. The second kappa shape index (κ2) is 14.2. The number of hydrogen-bond acceptors (Lipinski definition) is 6. The van der Waals surface area contributed by atoms with Gasteiger partial charge in [0.2, 0.25) is 5.91 Å². The normalized spacial score (nSPS) is 13.5. The zero-order valence-electron chi connectivity index (χ0n) is 27.1. The zero-order chi connectivity index (χ0) is 31.1. The van der Waals surface area contributed by atoms with Crippen LogP contribution in [0.4, 0.5) is 0 Å². The van der Waals surface area contributed by atoms with E-state index in [-0.39, 0.29) is 29.3 Å². The number of methoxy groups -OCH3 is 1. The first-order valence-corrected chi connectivity index (χ1v) is 20.4. The third kappa shape index (κ3) is 10.5. The summed E-state index contributed by atoms with van der Waals surface area (Å²) in [6.07, 6.45) is 1.02. The first-order chi connectivity index (χ1) is 18.9. The highest BCUT2D eigenvalue weighted by molar-refractivity contribution is 6.75. The number of aliphatic hydroxyl groups excluding tert-OH is 1. The summed E-state index contributed by atoms with van der Waals surface area (Å²) in [5.41, 5.74) is 1.83. The second-order valence-electron chi connectivity index (χ2n) is 13.8. The number of hydrogen-bond donors (Lipinski definition) is 2. The molecule has 0 saturated carbocycles. The van der Waals surface area contributed by atoms with Crippen molar-refractivity contribution in [2.45, 2.75) is 103 Å². The van der Waals surface area contributed by atoms with Crippen molar-refractivity contribution >= 4 is 22.5 Å². The Morgan fingerprint density at radius 3 is 1.98 bits per heavy atom. The van der Waals surface area contributed by atoms with Crippen molar-refractivity contribution in [3.8, 4) is 17.2 Å². The van der Waals surface area contributed by atoms with Crippen LogP contribution < -0.4 is 18.9 Å². The van der Waals surface area contributed by atoms with Crippen molar-refractivity contribution in [2.75, 3.05) is 20.4 Å². The van der Waals surface area contributed by atoms with E-state index >= 15 is 0 Å². The fourth-order valence-electron chi connectivity index (χ4n) is 3.50. The number of aryl methyl sites for hydroxylation is 1. The lowest BCUT2D eigenvalue weighted by atomic mass is 10.1. The predicted octanol–water partition coefficient (Wildman–Crippen LogP) is 7.61. The molecule has 2 N–H and O–H groups in total. The molecule has 230 valence electrons. The van der Waals surface area contributed by atoms with Gasteiger partial charge in [0, 0.05) is 20.1 Å². The van der Waals surface area contributed by atoms with Crippen LogP contribution in [-0.4, -0.2) is 48.1 Å². The molecule has 0 radical (unpaired) electrons. The molecular weight excluding hydrogens is 551 g/mol. The van der Waals surface area contributed by atoms with Crippen molar-refractivity contribution in [3.05, 3.63) is 53.6 Å². The second-order valence-corrected chi connectivity index (χ2v) is 23.2. The average molecular weight is 604 g/mol. The SMILES string of the molecule is COCOc1ccc(CCCC(=O)NC[C@H](O)c2ccc(O[Si](C)(C)C(C)(C)C)c(O[Si](C)(C)C(C)(C)C)c2)cc1. The van der Waals surface area contributed by atoms with Gasteiger partial charge in [0.25, 0.3) is 16.6 Å². The van der Waals surface area contributed by atoms with Crippen LogP contribution in [-0.2, 0) is 16.0 Å². The molecule has 7 nitrogen and oxygen atoms in total. The molecule has 0 aromatic heterocycles. The molecule has 0 spiro atoms. The highest BCUT2D eigenvalue weighted by Crippen LogP contribution is 2.44. The Labute approximate surface area is 250 Å². The summed E-state index contributed by atoms with van der Waals surface area (Å²) in [6, 6.07) is 13.5. The number of aliphatic hydroxyl groups is 1. The Hall–Kier alpha value is -2.34. The van der Waals surface area contributed by atoms with Gasteiger partial charge in [-0.15, -0.1) is 0 Å². The van der Waals surface area contributed by atoms with Gasteiger partial charge in [-0.1, -0.05) is 59.7 Å². The summed E-state index contributed by atoms with van der Waals surface area (Å²) >= 11 is 0. The molecule has 41 heavy (non-hydrogen) atoms. The molecule has 1 amide bonds. The Morgan fingerprint density at radius 2 is 1.44 bits per heavy atom. The maximum atomic E-state index is 12.5. The van der Waals surface area contributed by atoms with Crippen LogP contribution in [0.25, 0.3) is 0 Å². The lowest BCUT2D eigenvalue weighted by Gasteiger charge is -2.40. The Morgan fingerprint density at radius 1 is 0.878 bits per heavy atom. The van der Waals surface area contributed by atoms with E-state index in [0.717, 1.165) is 23.5 Å². The highest BCUT2D eigenvalue weighted by atomic mass is 28.4. The number of carbonyl (C=O) groups excluding carboxylic acids is 1. The number of ether oxygens (including phenoxy) is 2. The standard InChI is InChI=1S/C32H53NO6Si2/c1-31(2,3)40(8,9)38-28-20-17-25(21-29(28)39-41(10,11)32(4,5)6)27(34)22-33-30(35)14-12-13-24-15-18-26(19-16-24)37-23-36-7/h15-21,27,34H,12-14,22-23H2,1-11H3,(H,33,35)/t27-/m0/s1. The van der Waals surface area contributed by atoms with Gasteiger partial charge in [0.15, 0.2) is 6.79 Å². The molecule has 0 fully saturated rings. The first kappa shape index (κ1) is 34.9. The van der Waals surface area contributed by atoms with E-state index in [4.69, 9.17) is 18.3 Å². The van der Waals surface area contributed by atoms with E-state index in [1.165, 1.54) is 0 Å². The molecule has 2 aromatic rings. The number of rotatable bonds is 14. The van der Waals surface area contributed by atoms with Gasteiger partial charge in [-0.3, -0.25) is 4.79 Å². The van der Waals surface area contributed by atoms with Crippen molar-refractivity contribution in [3.63, 3.8) is 0 Å².